The Labute approximate surface area is 225 Å². The molecule has 3 rings (SSSR count). The number of hydrogen-bond donors (Lipinski definition) is 1. The van der Waals surface area contributed by atoms with Crippen molar-refractivity contribution in [1.82, 2.24) is 10.2 Å². The number of amides is 2. The number of nitrogens with one attached hydrogen (secondary N) is 1. The van der Waals surface area contributed by atoms with E-state index in [4.69, 9.17) is 34.8 Å². The molecular weight excluding hydrogens is 523 g/mol. The van der Waals surface area contributed by atoms with Crippen molar-refractivity contribution in [3.8, 4) is 0 Å². The second-order valence-corrected chi connectivity index (χ2v) is 10.6. The summed E-state index contributed by atoms with van der Waals surface area (Å²) < 4.78 is 0. The van der Waals surface area contributed by atoms with Gasteiger partial charge in [0, 0.05) is 44.5 Å². The second kappa shape index (κ2) is 13.2. The molecule has 0 aromatic heterocycles. The van der Waals surface area contributed by atoms with Crippen molar-refractivity contribution in [1.29, 1.82) is 0 Å². The molecule has 0 saturated heterocycles. The highest BCUT2D eigenvalue weighted by Gasteiger charge is 2.31. The molecule has 35 heavy (non-hydrogen) atoms. The second-order valence-electron chi connectivity index (χ2n) is 8.33. The maximum atomic E-state index is 13.6. The van der Waals surface area contributed by atoms with Gasteiger partial charge in [0.1, 0.15) is 6.04 Å². The average molecular weight is 550 g/mol. The number of carbonyl (C=O) groups is 2. The molecule has 0 bridgehead atoms. The zero-order valence-corrected chi connectivity index (χ0v) is 22.6. The van der Waals surface area contributed by atoms with E-state index in [0.717, 1.165) is 10.5 Å². The van der Waals surface area contributed by atoms with Gasteiger partial charge in [-0.3, -0.25) is 9.59 Å². The van der Waals surface area contributed by atoms with Crippen LogP contribution in [0.25, 0.3) is 0 Å². The minimum absolute atomic E-state index is 0.0786. The molecule has 3 aromatic rings. The fraction of sp³-hybridized carbons (Fsp3) is 0.259. The summed E-state index contributed by atoms with van der Waals surface area (Å²) in [4.78, 5) is 29.5. The average Bonchev–Trinajstić information content (AvgIpc) is 2.82. The largest absolute Gasteiger partial charge is 0.352 e. The maximum absolute atomic E-state index is 13.6. The number of nitrogens with zero attached hydrogens (tertiary/aromatic N) is 1. The highest BCUT2D eigenvalue weighted by molar-refractivity contribution is 8.00. The minimum Gasteiger partial charge on any atom is -0.352 e. The molecule has 2 amide bonds. The SMILES string of the molecule is CC(C)NC(=O)[C@H](Cc1ccccc1)N(Cc1c(Cl)cccc1Cl)C(=O)CSc1ccc(Cl)cc1. The van der Waals surface area contributed by atoms with E-state index in [1.54, 1.807) is 35.2 Å². The van der Waals surface area contributed by atoms with E-state index in [2.05, 4.69) is 5.32 Å². The molecule has 0 saturated carbocycles. The molecular formula is C27H27Cl3N2O2S. The zero-order valence-electron chi connectivity index (χ0n) is 19.5. The Morgan fingerprint density at radius 2 is 1.51 bits per heavy atom. The van der Waals surface area contributed by atoms with Crippen molar-refractivity contribution >= 4 is 58.4 Å². The molecule has 1 atom stereocenters. The Morgan fingerprint density at radius 3 is 2.11 bits per heavy atom. The zero-order chi connectivity index (χ0) is 25.4. The number of carbonyl (C=O) groups excluding carboxylic acids is 2. The molecule has 0 heterocycles. The summed E-state index contributed by atoms with van der Waals surface area (Å²) in [6, 6.07) is 21.3. The Balaban J connectivity index is 1.95. The van der Waals surface area contributed by atoms with E-state index in [9.17, 15) is 9.59 Å². The predicted molar refractivity (Wildman–Crippen MR) is 146 cm³/mol. The van der Waals surface area contributed by atoms with E-state index < -0.39 is 6.04 Å². The lowest BCUT2D eigenvalue weighted by atomic mass is 10.0. The van der Waals surface area contributed by atoms with Gasteiger partial charge >= 0.3 is 0 Å². The predicted octanol–water partition coefficient (Wildman–Crippen LogP) is 6.90. The Hall–Kier alpha value is -2.18. The van der Waals surface area contributed by atoms with Gasteiger partial charge in [-0.15, -0.1) is 11.8 Å². The summed E-state index contributed by atoms with van der Waals surface area (Å²) in [5.41, 5.74) is 1.56. The number of thioether (sulfide) groups is 1. The van der Waals surface area contributed by atoms with Crippen molar-refractivity contribution in [3.63, 3.8) is 0 Å². The first-order chi connectivity index (χ1) is 16.7. The normalized spacial score (nSPS) is 11.8. The number of rotatable bonds is 10. The molecule has 0 aliphatic carbocycles. The molecule has 0 spiro atoms. The first-order valence-corrected chi connectivity index (χ1v) is 13.3. The van der Waals surface area contributed by atoms with Gasteiger partial charge in [0.05, 0.1) is 5.75 Å². The summed E-state index contributed by atoms with van der Waals surface area (Å²) in [6.07, 6.45) is 0.360. The summed E-state index contributed by atoms with van der Waals surface area (Å²) in [7, 11) is 0. The van der Waals surface area contributed by atoms with E-state index in [-0.39, 0.29) is 30.2 Å². The fourth-order valence-electron chi connectivity index (χ4n) is 3.55. The molecule has 0 aliphatic heterocycles. The van der Waals surface area contributed by atoms with Crippen LogP contribution in [0.1, 0.15) is 25.0 Å². The van der Waals surface area contributed by atoms with Crippen molar-refractivity contribution in [3.05, 3.63) is 99.0 Å². The van der Waals surface area contributed by atoms with Crippen LogP contribution in [-0.4, -0.2) is 34.6 Å². The van der Waals surface area contributed by atoms with Gasteiger partial charge in [0.2, 0.25) is 11.8 Å². The monoisotopic (exact) mass is 548 g/mol. The van der Waals surface area contributed by atoms with Crippen LogP contribution in [0.2, 0.25) is 15.1 Å². The van der Waals surface area contributed by atoms with Crippen LogP contribution in [0, 0.1) is 0 Å². The van der Waals surface area contributed by atoms with Crippen LogP contribution >= 0.6 is 46.6 Å². The number of hydrogen-bond acceptors (Lipinski definition) is 3. The standard InChI is InChI=1S/C27H27Cl3N2O2S/c1-18(2)31-27(34)25(15-19-7-4-3-5-8-19)32(16-22-23(29)9-6-10-24(22)30)26(33)17-35-21-13-11-20(28)12-14-21/h3-14,18,25H,15-17H2,1-2H3,(H,31,34)/t25-/m0/s1. The molecule has 184 valence electrons. The minimum atomic E-state index is -0.745. The van der Waals surface area contributed by atoms with Gasteiger partial charge in [0.25, 0.3) is 0 Å². The van der Waals surface area contributed by atoms with Gasteiger partial charge in [-0.2, -0.15) is 0 Å². The number of benzene rings is 3. The van der Waals surface area contributed by atoms with Crippen LogP contribution in [0.5, 0.6) is 0 Å². The van der Waals surface area contributed by atoms with Gasteiger partial charge in [-0.05, 0) is 55.8 Å². The van der Waals surface area contributed by atoms with Gasteiger partial charge in [0.15, 0.2) is 0 Å². The van der Waals surface area contributed by atoms with Crippen molar-refractivity contribution in [2.45, 2.75) is 43.8 Å². The van der Waals surface area contributed by atoms with Crippen molar-refractivity contribution < 1.29 is 9.59 Å². The summed E-state index contributed by atoms with van der Waals surface area (Å²) >= 11 is 20.3. The maximum Gasteiger partial charge on any atom is 0.243 e. The summed E-state index contributed by atoms with van der Waals surface area (Å²) in [6.45, 7) is 3.90. The van der Waals surface area contributed by atoms with Crippen LogP contribution in [0.15, 0.2) is 77.7 Å². The molecule has 3 aromatic carbocycles. The van der Waals surface area contributed by atoms with Gasteiger partial charge < -0.3 is 10.2 Å². The molecule has 0 fully saturated rings. The van der Waals surface area contributed by atoms with E-state index in [1.165, 1.54) is 11.8 Å². The van der Waals surface area contributed by atoms with E-state index in [1.807, 2.05) is 56.3 Å². The fourth-order valence-corrected chi connectivity index (χ4v) is 4.97. The quantitative estimate of drug-likeness (QED) is 0.280. The van der Waals surface area contributed by atoms with E-state index >= 15 is 0 Å². The Bertz CT molecular complexity index is 1120. The molecule has 8 heteroatoms. The lowest BCUT2D eigenvalue weighted by Crippen LogP contribution is -2.52. The van der Waals surface area contributed by atoms with Crippen LogP contribution in [0.3, 0.4) is 0 Å². The molecule has 0 radical (unpaired) electrons. The van der Waals surface area contributed by atoms with Crippen LogP contribution < -0.4 is 5.32 Å². The first-order valence-electron chi connectivity index (χ1n) is 11.2. The van der Waals surface area contributed by atoms with Crippen molar-refractivity contribution in [2.24, 2.45) is 0 Å². The first kappa shape index (κ1) is 27.4. The summed E-state index contributed by atoms with van der Waals surface area (Å²) in [5, 5.41) is 4.50. The molecule has 1 N–H and O–H groups in total. The molecule has 0 aliphatic rings. The van der Waals surface area contributed by atoms with Gasteiger partial charge in [-0.25, -0.2) is 0 Å². The summed E-state index contributed by atoms with van der Waals surface area (Å²) in [5.74, 6) is -0.276. The van der Waals surface area contributed by atoms with Crippen LogP contribution in [-0.2, 0) is 22.6 Å². The third-order valence-electron chi connectivity index (χ3n) is 5.27. The lowest BCUT2D eigenvalue weighted by Gasteiger charge is -2.32. The smallest absolute Gasteiger partial charge is 0.243 e. The lowest BCUT2D eigenvalue weighted by molar-refractivity contribution is -0.139. The number of halogens is 3. The molecule has 0 unspecified atom stereocenters. The highest BCUT2D eigenvalue weighted by atomic mass is 35.5. The topological polar surface area (TPSA) is 49.4 Å². The van der Waals surface area contributed by atoms with Gasteiger partial charge in [-0.1, -0.05) is 71.2 Å². The Kier molecular flexibility index (Phi) is 10.4. The third-order valence-corrected chi connectivity index (χ3v) is 7.23. The highest BCUT2D eigenvalue weighted by Crippen LogP contribution is 2.28. The van der Waals surface area contributed by atoms with Crippen molar-refractivity contribution in [2.75, 3.05) is 5.75 Å². The molecule has 4 nitrogen and oxygen atoms in total. The third kappa shape index (κ3) is 8.18. The Morgan fingerprint density at radius 1 is 0.886 bits per heavy atom. The van der Waals surface area contributed by atoms with Crippen LogP contribution in [0.4, 0.5) is 0 Å². The van der Waals surface area contributed by atoms with E-state index in [0.29, 0.717) is 27.1 Å².